The number of amides is 1. The number of aliphatic hydroxyl groups excluding tert-OH is 1. The quantitative estimate of drug-likeness (QED) is 0.192. The van der Waals surface area contributed by atoms with Gasteiger partial charge in [-0.2, -0.15) is 8.42 Å². The lowest BCUT2D eigenvalue weighted by Crippen LogP contribution is -2.45. The van der Waals surface area contributed by atoms with Crippen molar-refractivity contribution in [3.8, 4) is 5.75 Å². The summed E-state index contributed by atoms with van der Waals surface area (Å²) in [7, 11) is -4.25. The number of carboxylic acid groups (broad SMARTS) is 1. The molecule has 1 amide bonds. The number of nitrogens with one attached hydrogen (secondary N) is 1. The van der Waals surface area contributed by atoms with E-state index in [1.165, 1.54) is 12.1 Å². The molecule has 0 heterocycles. The maximum absolute atomic E-state index is 11.5. The fraction of sp³-hybridized carbons (Fsp3) is 0.467. The summed E-state index contributed by atoms with van der Waals surface area (Å²) in [5.74, 6) is -1.41. The highest BCUT2D eigenvalue weighted by atomic mass is 32.2. The molecular formula is C15H21NO9S. The van der Waals surface area contributed by atoms with Crippen molar-refractivity contribution in [3.63, 3.8) is 0 Å². The average Bonchev–Trinajstić information content (AvgIpc) is 2.53. The van der Waals surface area contributed by atoms with Crippen molar-refractivity contribution in [1.29, 1.82) is 0 Å². The van der Waals surface area contributed by atoms with Gasteiger partial charge in [0, 0.05) is 6.61 Å². The zero-order chi connectivity index (χ0) is 19.7. The number of rotatable bonds is 10. The molecule has 0 fully saturated rings. The summed E-state index contributed by atoms with van der Waals surface area (Å²) in [5, 5.41) is 20.8. The Balaban J connectivity index is 2.66. The summed E-state index contributed by atoms with van der Waals surface area (Å²) in [6.07, 6.45) is -3.00. The molecule has 146 valence electrons. The van der Waals surface area contributed by atoms with Crippen LogP contribution in [0, 0.1) is 0 Å². The molecule has 0 saturated heterocycles. The first-order valence-corrected chi connectivity index (χ1v) is 9.25. The number of benzene rings is 1. The van der Waals surface area contributed by atoms with Gasteiger partial charge >= 0.3 is 12.1 Å². The van der Waals surface area contributed by atoms with E-state index in [0.29, 0.717) is 5.56 Å². The first-order chi connectivity index (χ1) is 12.1. The monoisotopic (exact) mass is 391 g/mol. The largest absolute Gasteiger partial charge is 0.465 e. The second kappa shape index (κ2) is 10.1. The Labute approximate surface area is 150 Å². The van der Waals surface area contributed by atoms with Gasteiger partial charge in [0.25, 0.3) is 10.1 Å². The van der Waals surface area contributed by atoms with Gasteiger partial charge in [0.05, 0.1) is 18.2 Å². The highest BCUT2D eigenvalue weighted by Crippen LogP contribution is 2.15. The third-order valence-corrected chi connectivity index (χ3v) is 3.89. The summed E-state index contributed by atoms with van der Waals surface area (Å²) >= 11 is 0. The van der Waals surface area contributed by atoms with Crippen molar-refractivity contribution in [1.82, 2.24) is 5.32 Å². The molecule has 11 heteroatoms. The standard InChI is InChI=1S/C15H21NO9S/c1-2-24-14(18)12(16-15(19)20)9-10-3-5-11(6-4-10)25-13(17)7-8-26(21,22)23/h3-6,12,14,16,18H,2,7-9H2,1H3,(H,19,20)(H,21,22,23). The van der Waals surface area contributed by atoms with Crippen molar-refractivity contribution in [2.45, 2.75) is 32.1 Å². The van der Waals surface area contributed by atoms with Crippen LogP contribution < -0.4 is 10.1 Å². The lowest BCUT2D eigenvalue weighted by atomic mass is 10.1. The van der Waals surface area contributed by atoms with Crippen molar-refractivity contribution in [2.75, 3.05) is 12.4 Å². The predicted molar refractivity (Wildman–Crippen MR) is 89.4 cm³/mol. The molecule has 0 aliphatic carbocycles. The van der Waals surface area contributed by atoms with Crippen molar-refractivity contribution in [2.24, 2.45) is 0 Å². The predicted octanol–water partition coefficient (Wildman–Crippen LogP) is 0.404. The molecule has 1 rings (SSSR count). The number of carbonyl (C=O) groups excluding carboxylic acids is 1. The molecule has 0 radical (unpaired) electrons. The number of hydrogen-bond acceptors (Lipinski definition) is 7. The molecule has 10 nitrogen and oxygen atoms in total. The van der Waals surface area contributed by atoms with Crippen LogP contribution in [-0.2, 0) is 26.1 Å². The second-order valence-corrected chi connectivity index (χ2v) is 6.83. The molecule has 0 aliphatic heterocycles. The molecule has 0 aromatic heterocycles. The molecule has 0 aliphatic rings. The van der Waals surface area contributed by atoms with E-state index in [1.807, 2.05) is 0 Å². The lowest BCUT2D eigenvalue weighted by Gasteiger charge is -2.22. The topological polar surface area (TPSA) is 159 Å². The molecule has 0 bridgehead atoms. The highest BCUT2D eigenvalue weighted by molar-refractivity contribution is 7.85. The molecule has 2 unspecified atom stereocenters. The van der Waals surface area contributed by atoms with E-state index in [1.54, 1.807) is 19.1 Å². The van der Waals surface area contributed by atoms with Crippen LogP contribution in [0.1, 0.15) is 18.9 Å². The van der Waals surface area contributed by atoms with E-state index in [-0.39, 0.29) is 18.8 Å². The van der Waals surface area contributed by atoms with Crippen LogP contribution in [0.25, 0.3) is 0 Å². The van der Waals surface area contributed by atoms with E-state index in [9.17, 15) is 23.1 Å². The average molecular weight is 391 g/mol. The van der Waals surface area contributed by atoms with Gasteiger partial charge in [-0.25, -0.2) is 4.79 Å². The molecule has 26 heavy (non-hydrogen) atoms. The maximum Gasteiger partial charge on any atom is 0.405 e. The van der Waals surface area contributed by atoms with Gasteiger partial charge < -0.3 is 25.0 Å². The molecule has 0 spiro atoms. The number of hydrogen-bond donors (Lipinski definition) is 4. The maximum atomic E-state index is 11.5. The molecule has 1 aromatic rings. The summed E-state index contributed by atoms with van der Waals surface area (Å²) < 4.78 is 39.7. The van der Waals surface area contributed by atoms with E-state index >= 15 is 0 Å². The highest BCUT2D eigenvalue weighted by Gasteiger charge is 2.22. The summed E-state index contributed by atoms with van der Waals surface area (Å²) in [6, 6.07) is 5.09. The Hall–Kier alpha value is -2.21. The van der Waals surface area contributed by atoms with Gasteiger partial charge in [0.2, 0.25) is 0 Å². The summed E-state index contributed by atoms with van der Waals surface area (Å²) in [5.41, 5.74) is 0.639. The minimum atomic E-state index is -4.25. The smallest absolute Gasteiger partial charge is 0.405 e. The van der Waals surface area contributed by atoms with Crippen LogP contribution >= 0.6 is 0 Å². The van der Waals surface area contributed by atoms with E-state index in [2.05, 4.69) is 5.32 Å². The third kappa shape index (κ3) is 8.76. The number of esters is 1. The fourth-order valence-corrected chi connectivity index (χ4v) is 2.44. The first kappa shape index (κ1) is 21.8. The normalized spacial score (nSPS) is 13.7. The fourth-order valence-electron chi connectivity index (χ4n) is 2.01. The van der Waals surface area contributed by atoms with Crippen LogP contribution in [0.15, 0.2) is 24.3 Å². The Kier molecular flexibility index (Phi) is 8.45. The number of ether oxygens (including phenoxy) is 2. The second-order valence-electron chi connectivity index (χ2n) is 5.26. The van der Waals surface area contributed by atoms with Crippen LogP contribution in [0.5, 0.6) is 5.75 Å². The minimum absolute atomic E-state index is 0.129. The van der Waals surface area contributed by atoms with Crippen molar-refractivity contribution < 1.29 is 42.2 Å². The van der Waals surface area contributed by atoms with Gasteiger partial charge in [-0.05, 0) is 31.0 Å². The van der Waals surface area contributed by atoms with Crippen LogP contribution in [0.4, 0.5) is 4.79 Å². The first-order valence-electron chi connectivity index (χ1n) is 7.64. The number of aliphatic hydroxyl groups is 1. The molecule has 2 atom stereocenters. The summed E-state index contributed by atoms with van der Waals surface area (Å²) in [6.45, 7) is 1.86. The molecule has 1 aromatic carbocycles. The van der Waals surface area contributed by atoms with Gasteiger partial charge in [-0.15, -0.1) is 0 Å². The number of carbonyl (C=O) groups is 2. The van der Waals surface area contributed by atoms with Crippen LogP contribution in [0.3, 0.4) is 0 Å². The SMILES string of the molecule is CCOC(O)C(Cc1ccc(OC(=O)CCS(=O)(=O)O)cc1)NC(=O)O. The lowest BCUT2D eigenvalue weighted by molar-refractivity contribution is -0.133. The zero-order valence-electron chi connectivity index (χ0n) is 14.0. The molecular weight excluding hydrogens is 370 g/mol. The van der Waals surface area contributed by atoms with Crippen LogP contribution in [0.2, 0.25) is 0 Å². The van der Waals surface area contributed by atoms with Gasteiger partial charge in [-0.1, -0.05) is 12.1 Å². The van der Waals surface area contributed by atoms with Gasteiger partial charge in [0.1, 0.15) is 5.75 Å². The molecule has 0 saturated carbocycles. The van der Waals surface area contributed by atoms with Crippen molar-refractivity contribution >= 4 is 22.2 Å². The Morgan fingerprint density at radius 2 is 1.85 bits per heavy atom. The van der Waals surface area contributed by atoms with E-state index in [0.717, 1.165) is 0 Å². The van der Waals surface area contributed by atoms with Gasteiger partial charge in [0.15, 0.2) is 6.29 Å². The Morgan fingerprint density at radius 3 is 2.35 bits per heavy atom. The minimum Gasteiger partial charge on any atom is -0.465 e. The Morgan fingerprint density at radius 1 is 1.23 bits per heavy atom. The molecule has 4 N–H and O–H groups in total. The zero-order valence-corrected chi connectivity index (χ0v) is 14.8. The third-order valence-electron chi connectivity index (χ3n) is 3.17. The van der Waals surface area contributed by atoms with E-state index < -0.39 is 46.7 Å². The van der Waals surface area contributed by atoms with Crippen molar-refractivity contribution in [3.05, 3.63) is 29.8 Å². The van der Waals surface area contributed by atoms with Crippen LogP contribution in [-0.4, -0.2) is 59.9 Å². The Bertz CT molecular complexity index is 702. The summed E-state index contributed by atoms with van der Waals surface area (Å²) in [4.78, 5) is 22.3. The van der Waals surface area contributed by atoms with Gasteiger partial charge in [-0.3, -0.25) is 9.35 Å². The van der Waals surface area contributed by atoms with E-state index in [4.69, 9.17) is 19.1 Å².